The maximum Gasteiger partial charge on any atom is 0.180 e. The lowest BCUT2D eigenvalue weighted by Crippen LogP contribution is -2.36. The summed E-state index contributed by atoms with van der Waals surface area (Å²) in [5.41, 5.74) is 5.90. The fourth-order valence-corrected chi connectivity index (χ4v) is 6.56. The molecule has 1 aliphatic heterocycles. The maximum absolute atomic E-state index is 13.2. The number of Topliss-reactive ketones (excluding diaryl/α,β-unsaturated/α-hetero) is 2. The monoisotopic (exact) mass is 613 g/mol. The highest BCUT2D eigenvalue weighted by atomic mass is 35.5. The number of benzene rings is 3. The number of hydrogen-bond donors (Lipinski definition) is 1. The quantitative estimate of drug-likeness (QED) is 0.252. The van der Waals surface area contributed by atoms with Gasteiger partial charge in [-0.1, -0.05) is 48.0 Å². The summed E-state index contributed by atoms with van der Waals surface area (Å²) in [6.45, 7) is 3.06. The summed E-state index contributed by atoms with van der Waals surface area (Å²) in [6.07, 6.45) is 4.12. The third-order valence-electron chi connectivity index (χ3n) is 8.30. The summed E-state index contributed by atoms with van der Waals surface area (Å²) >= 11 is 6.86. The lowest BCUT2D eigenvalue weighted by atomic mass is 9.71. The van der Waals surface area contributed by atoms with E-state index in [1.165, 1.54) is 0 Å². The van der Waals surface area contributed by atoms with Crippen LogP contribution in [0, 0.1) is 0 Å². The maximum atomic E-state index is 13.2. The Bertz CT molecular complexity index is 1600. The number of carbonyl (C=O) groups excluding carboxylic acids is 2. The summed E-state index contributed by atoms with van der Waals surface area (Å²) in [6, 6.07) is 19.3. The van der Waals surface area contributed by atoms with Gasteiger partial charge in [0.05, 0.1) is 18.7 Å². The molecule has 3 aromatic carbocycles. The molecule has 0 unspecified atom stereocenters. The largest absolute Gasteiger partial charge is 0.493 e. The predicted octanol–water partition coefficient (Wildman–Crippen LogP) is 7.61. The topological polar surface area (TPSA) is 83.1 Å². The van der Waals surface area contributed by atoms with Gasteiger partial charge >= 0.3 is 0 Å². The van der Waals surface area contributed by atoms with Crippen LogP contribution in [-0.2, 0) is 22.8 Å². The molecule has 0 amide bonds. The first-order valence-electron chi connectivity index (χ1n) is 15.2. The SMILES string of the molecule is CCOc1cc(COc2c(Cl)cc(C3C4=C(CCCC4=O)NC4=C3C(=O)CCC4)cc2OC)ccc1OCc1ccccc1. The van der Waals surface area contributed by atoms with Crippen molar-refractivity contribution in [1.82, 2.24) is 5.32 Å². The van der Waals surface area contributed by atoms with Crippen LogP contribution in [-0.4, -0.2) is 25.3 Å². The molecule has 0 bridgehead atoms. The predicted molar refractivity (Wildman–Crippen MR) is 168 cm³/mol. The van der Waals surface area contributed by atoms with Gasteiger partial charge in [-0.3, -0.25) is 9.59 Å². The highest BCUT2D eigenvalue weighted by molar-refractivity contribution is 6.32. The number of nitrogens with one attached hydrogen (secondary N) is 1. The zero-order valence-electron chi connectivity index (χ0n) is 25.0. The summed E-state index contributed by atoms with van der Waals surface area (Å²) in [7, 11) is 1.56. The van der Waals surface area contributed by atoms with E-state index in [1.807, 2.05) is 61.5 Å². The Balaban J connectivity index is 1.26. The highest BCUT2D eigenvalue weighted by Crippen LogP contribution is 2.48. The second-order valence-electron chi connectivity index (χ2n) is 11.2. The Morgan fingerprint density at radius 1 is 0.750 bits per heavy atom. The van der Waals surface area contributed by atoms with Gasteiger partial charge in [0.1, 0.15) is 13.2 Å². The molecule has 1 N–H and O–H groups in total. The summed E-state index contributed by atoms with van der Waals surface area (Å²) in [4.78, 5) is 26.5. The molecule has 6 rings (SSSR count). The number of ketones is 2. The molecule has 0 radical (unpaired) electrons. The number of rotatable bonds is 10. The van der Waals surface area contributed by atoms with Crippen LogP contribution in [0.25, 0.3) is 0 Å². The zero-order chi connectivity index (χ0) is 30.6. The van der Waals surface area contributed by atoms with Crippen molar-refractivity contribution in [3.63, 3.8) is 0 Å². The minimum atomic E-state index is -0.473. The van der Waals surface area contributed by atoms with Gasteiger partial charge in [-0.25, -0.2) is 0 Å². The van der Waals surface area contributed by atoms with Gasteiger partial charge in [0.2, 0.25) is 0 Å². The molecule has 44 heavy (non-hydrogen) atoms. The molecule has 8 heteroatoms. The Morgan fingerprint density at radius 2 is 1.43 bits per heavy atom. The first kappa shape index (κ1) is 29.8. The van der Waals surface area contributed by atoms with Crippen LogP contribution in [0.4, 0.5) is 0 Å². The van der Waals surface area contributed by atoms with E-state index in [2.05, 4.69) is 5.32 Å². The van der Waals surface area contributed by atoms with Gasteiger partial charge in [0.15, 0.2) is 34.6 Å². The number of carbonyl (C=O) groups is 2. The second kappa shape index (κ2) is 13.2. The molecule has 1 heterocycles. The average Bonchev–Trinajstić information content (AvgIpc) is 3.03. The number of halogens is 1. The van der Waals surface area contributed by atoms with Crippen molar-refractivity contribution in [3.05, 3.63) is 105 Å². The van der Waals surface area contributed by atoms with Crippen LogP contribution in [0.1, 0.15) is 68.1 Å². The van der Waals surface area contributed by atoms with E-state index in [-0.39, 0.29) is 18.2 Å². The van der Waals surface area contributed by atoms with E-state index < -0.39 is 5.92 Å². The van der Waals surface area contributed by atoms with Crippen molar-refractivity contribution in [2.24, 2.45) is 0 Å². The van der Waals surface area contributed by atoms with Gasteiger partial charge in [-0.05, 0) is 73.6 Å². The highest BCUT2D eigenvalue weighted by Gasteiger charge is 2.40. The molecule has 0 saturated carbocycles. The van der Waals surface area contributed by atoms with Crippen molar-refractivity contribution in [3.8, 4) is 23.0 Å². The standard InChI is InChI=1S/C36H36ClNO6/c1-3-42-31-17-23(15-16-30(31)43-20-22-9-5-4-6-10-22)21-44-36-25(37)18-24(19-32(36)41-2)33-34-26(11-7-13-28(34)39)38-27-12-8-14-29(40)35(27)33/h4-6,9-10,15-19,33,38H,3,7-8,11-14,20-21H2,1-2H3. The number of allylic oxidation sites excluding steroid dienone is 4. The van der Waals surface area contributed by atoms with E-state index in [4.69, 9.17) is 30.5 Å². The molecule has 7 nitrogen and oxygen atoms in total. The van der Waals surface area contributed by atoms with Gasteiger partial charge < -0.3 is 24.3 Å². The van der Waals surface area contributed by atoms with Crippen molar-refractivity contribution in [2.45, 2.75) is 64.6 Å². The van der Waals surface area contributed by atoms with Crippen molar-refractivity contribution < 1.29 is 28.5 Å². The molecule has 0 atom stereocenters. The third-order valence-corrected chi connectivity index (χ3v) is 8.59. The van der Waals surface area contributed by atoms with E-state index in [0.29, 0.717) is 65.2 Å². The van der Waals surface area contributed by atoms with Crippen LogP contribution in [0.5, 0.6) is 23.0 Å². The molecule has 0 aromatic heterocycles. The average molecular weight is 614 g/mol. The molecule has 3 aliphatic rings. The van der Waals surface area contributed by atoms with Crippen molar-refractivity contribution in [1.29, 1.82) is 0 Å². The Morgan fingerprint density at radius 3 is 2.09 bits per heavy atom. The van der Waals surface area contributed by atoms with E-state index >= 15 is 0 Å². The number of methoxy groups -OCH3 is 1. The summed E-state index contributed by atoms with van der Waals surface area (Å²) < 4.78 is 23.9. The fourth-order valence-electron chi connectivity index (χ4n) is 6.28. The first-order valence-corrected chi connectivity index (χ1v) is 15.6. The minimum Gasteiger partial charge on any atom is -0.493 e. The first-order chi connectivity index (χ1) is 21.5. The van der Waals surface area contributed by atoms with Gasteiger partial charge in [-0.2, -0.15) is 0 Å². The Labute approximate surface area is 262 Å². The molecule has 0 fully saturated rings. The second-order valence-corrected chi connectivity index (χ2v) is 11.6. The molecule has 0 saturated heterocycles. The van der Waals surface area contributed by atoms with Crippen molar-refractivity contribution >= 4 is 23.2 Å². The van der Waals surface area contributed by atoms with Crippen LogP contribution in [0.3, 0.4) is 0 Å². The van der Waals surface area contributed by atoms with E-state index in [1.54, 1.807) is 13.2 Å². The van der Waals surface area contributed by atoms with Crippen LogP contribution < -0.4 is 24.3 Å². The molecular formula is C36H36ClNO6. The third kappa shape index (κ3) is 6.06. The van der Waals surface area contributed by atoms with E-state index in [9.17, 15) is 9.59 Å². The lowest BCUT2D eigenvalue weighted by Gasteiger charge is -2.37. The minimum absolute atomic E-state index is 0.0744. The van der Waals surface area contributed by atoms with Gasteiger partial charge in [0.25, 0.3) is 0 Å². The normalized spacial score (nSPS) is 16.7. The lowest BCUT2D eigenvalue weighted by molar-refractivity contribution is -0.117. The van der Waals surface area contributed by atoms with Crippen molar-refractivity contribution in [2.75, 3.05) is 13.7 Å². The Kier molecular flexibility index (Phi) is 8.94. The van der Waals surface area contributed by atoms with Crippen LogP contribution >= 0.6 is 11.6 Å². The van der Waals surface area contributed by atoms with Crippen LogP contribution in [0.15, 0.2) is 83.2 Å². The molecule has 228 valence electrons. The van der Waals surface area contributed by atoms with Crippen LogP contribution in [0.2, 0.25) is 5.02 Å². The smallest absolute Gasteiger partial charge is 0.180 e. The molecule has 3 aromatic rings. The Hall–Kier alpha value is -4.23. The van der Waals surface area contributed by atoms with Gasteiger partial charge in [-0.15, -0.1) is 0 Å². The zero-order valence-corrected chi connectivity index (χ0v) is 25.8. The fraction of sp³-hybridized carbons (Fsp3) is 0.333. The number of dihydropyridines is 1. The molecule has 2 aliphatic carbocycles. The number of hydrogen-bond acceptors (Lipinski definition) is 7. The molecular weight excluding hydrogens is 578 g/mol. The number of ether oxygens (including phenoxy) is 4. The summed E-state index contributed by atoms with van der Waals surface area (Å²) in [5.74, 6) is 1.79. The van der Waals surface area contributed by atoms with E-state index in [0.717, 1.165) is 53.8 Å². The summed E-state index contributed by atoms with van der Waals surface area (Å²) in [5, 5.41) is 3.80. The van der Waals surface area contributed by atoms with Gasteiger partial charge in [0, 0.05) is 41.3 Å². The molecule has 0 spiro atoms.